The van der Waals surface area contributed by atoms with E-state index in [1.54, 1.807) is 5.57 Å². The van der Waals surface area contributed by atoms with E-state index in [2.05, 4.69) is 45.6 Å². The molecule has 0 saturated heterocycles. The zero-order valence-electron chi connectivity index (χ0n) is 10.2. The molecule has 2 rings (SSSR count). The molecular weight excluding hydrogens is 180 g/mol. The van der Waals surface area contributed by atoms with E-state index in [1.807, 2.05) is 0 Å². The van der Waals surface area contributed by atoms with E-state index >= 15 is 0 Å². The second-order valence-electron chi connectivity index (χ2n) is 5.57. The average molecular weight is 202 g/mol. The van der Waals surface area contributed by atoms with Gasteiger partial charge in [0.05, 0.1) is 0 Å². The Balaban J connectivity index is 2.26. The molecule has 0 aromatic carbocycles. The van der Waals surface area contributed by atoms with Crippen LogP contribution in [0.5, 0.6) is 0 Å². The number of fused-ring (bicyclic) bond motifs is 1. The molecule has 0 heteroatoms. The summed E-state index contributed by atoms with van der Waals surface area (Å²) in [5.74, 6) is 1.42. The largest absolute Gasteiger partial charge is 0.0999 e. The van der Waals surface area contributed by atoms with Crippen LogP contribution in [0, 0.1) is 17.3 Å². The van der Waals surface area contributed by atoms with Crippen LogP contribution in [0.4, 0.5) is 0 Å². The van der Waals surface area contributed by atoms with Gasteiger partial charge in [0.1, 0.15) is 0 Å². The molecule has 1 fully saturated rings. The Bertz CT molecular complexity index is 332. The minimum atomic E-state index is 0.399. The van der Waals surface area contributed by atoms with Gasteiger partial charge >= 0.3 is 0 Å². The van der Waals surface area contributed by atoms with Crippen molar-refractivity contribution in [3.8, 4) is 0 Å². The third kappa shape index (κ3) is 1.71. The number of hydrogen-bond acceptors (Lipinski definition) is 0. The Morgan fingerprint density at radius 3 is 2.93 bits per heavy atom. The molecule has 1 saturated carbocycles. The normalized spacial score (nSPS) is 39.5. The van der Waals surface area contributed by atoms with Gasteiger partial charge < -0.3 is 0 Å². The topological polar surface area (TPSA) is 0 Å². The molecule has 0 N–H and O–H groups in total. The maximum Gasteiger partial charge on any atom is -0.00474 e. The SMILES string of the molecule is C=C(C)[C@@H]1CCC2=CC=C[C@H](C)[C@@]2(C)C1. The molecule has 0 spiro atoms. The van der Waals surface area contributed by atoms with E-state index in [4.69, 9.17) is 0 Å². The highest BCUT2D eigenvalue weighted by Crippen LogP contribution is 2.51. The fourth-order valence-electron chi connectivity index (χ4n) is 3.08. The highest BCUT2D eigenvalue weighted by atomic mass is 14.4. The summed E-state index contributed by atoms with van der Waals surface area (Å²) < 4.78 is 0. The highest BCUT2D eigenvalue weighted by Gasteiger charge is 2.40. The van der Waals surface area contributed by atoms with Crippen LogP contribution in [-0.4, -0.2) is 0 Å². The van der Waals surface area contributed by atoms with Crippen molar-refractivity contribution in [2.24, 2.45) is 17.3 Å². The zero-order chi connectivity index (χ0) is 11.1. The quantitative estimate of drug-likeness (QED) is 0.549. The van der Waals surface area contributed by atoms with Crippen LogP contribution >= 0.6 is 0 Å². The smallest absolute Gasteiger partial charge is 0.00474 e. The van der Waals surface area contributed by atoms with Crippen LogP contribution in [0.25, 0.3) is 0 Å². The Kier molecular flexibility index (Phi) is 2.62. The van der Waals surface area contributed by atoms with Crippen molar-refractivity contribution in [3.05, 3.63) is 36.0 Å². The summed E-state index contributed by atoms with van der Waals surface area (Å²) in [5, 5.41) is 0. The van der Waals surface area contributed by atoms with Crippen molar-refractivity contribution in [2.45, 2.75) is 40.0 Å². The van der Waals surface area contributed by atoms with Gasteiger partial charge in [0.15, 0.2) is 0 Å². The molecule has 3 atom stereocenters. The number of hydrogen-bond donors (Lipinski definition) is 0. The van der Waals surface area contributed by atoms with E-state index in [0.717, 1.165) is 5.92 Å². The van der Waals surface area contributed by atoms with Crippen LogP contribution < -0.4 is 0 Å². The highest BCUT2D eigenvalue weighted by molar-refractivity contribution is 5.30. The summed E-state index contributed by atoms with van der Waals surface area (Å²) in [4.78, 5) is 0. The van der Waals surface area contributed by atoms with Crippen LogP contribution in [0.1, 0.15) is 40.0 Å². The second-order valence-corrected chi connectivity index (χ2v) is 5.57. The summed E-state index contributed by atoms with van der Waals surface area (Å²) in [5.41, 5.74) is 3.43. The molecule has 2 aliphatic carbocycles. The molecule has 15 heavy (non-hydrogen) atoms. The van der Waals surface area contributed by atoms with Crippen LogP contribution in [-0.2, 0) is 0 Å². The predicted molar refractivity (Wildman–Crippen MR) is 66.6 cm³/mol. The summed E-state index contributed by atoms with van der Waals surface area (Å²) in [7, 11) is 0. The third-order valence-electron chi connectivity index (χ3n) is 4.57. The van der Waals surface area contributed by atoms with Gasteiger partial charge in [0.2, 0.25) is 0 Å². The predicted octanol–water partition coefficient (Wildman–Crippen LogP) is 4.50. The minimum Gasteiger partial charge on any atom is -0.0999 e. The molecular formula is C15H22. The first-order valence-corrected chi connectivity index (χ1v) is 6.07. The van der Waals surface area contributed by atoms with E-state index in [-0.39, 0.29) is 0 Å². The van der Waals surface area contributed by atoms with Crippen LogP contribution in [0.15, 0.2) is 36.0 Å². The number of allylic oxidation sites excluding steroid dienone is 5. The number of rotatable bonds is 1. The van der Waals surface area contributed by atoms with Gasteiger partial charge in [-0.25, -0.2) is 0 Å². The van der Waals surface area contributed by atoms with Gasteiger partial charge in [-0.1, -0.05) is 49.8 Å². The van der Waals surface area contributed by atoms with Gasteiger partial charge in [-0.15, -0.1) is 0 Å². The molecule has 0 radical (unpaired) electrons. The van der Waals surface area contributed by atoms with Gasteiger partial charge in [0.25, 0.3) is 0 Å². The van der Waals surface area contributed by atoms with Gasteiger partial charge in [-0.05, 0) is 43.4 Å². The summed E-state index contributed by atoms with van der Waals surface area (Å²) in [6.07, 6.45) is 10.8. The molecule has 0 aromatic heterocycles. The minimum absolute atomic E-state index is 0.399. The first-order chi connectivity index (χ1) is 7.04. The summed E-state index contributed by atoms with van der Waals surface area (Å²) in [6.45, 7) is 11.1. The second kappa shape index (κ2) is 3.66. The van der Waals surface area contributed by atoms with Crippen molar-refractivity contribution in [1.82, 2.24) is 0 Å². The molecule has 82 valence electrons. The average Bonchev–Trinajstić information content (AvgIpc) is 2.19. The summed E-state index contributed by atoms with van der Waals surface area (Å²) >= 11 is 0. The maximum absolute atomic E-state index is 4.14. The van der Waals surface area contributed by atoms with Crippen molar-refractivity contribution in [2.75, 3.05) is 0 Å². The molecule has 0 nitrogen and oxygen atoms in total. The van der Waals surface area contributed by atoms with E-state index in [1.165, 1.54) is 24.8 Å². The fourth-order valence-corrected chi connectivity index (χ4v) is 3.08. The van der Waals surface area contributed by atoms with Crippen LogP contribution in [0.2, 0.25) is 0 Å². The molecule has 2 aliphatic rings. The Labute approximate surface area is 93.8 Å². The lowest BCUT2D eigenvalue weighted by atomic mass is 9.59. The zero-order valence-corrected chi connectivity index (χ0v) is 10.2. The third-order valence-corrected chi connectivity index (χ3v) is 4.57. The Hall–Kier alpha value is -0.780. The lowest BCUT2D eigenvalue weighted by molar-refractivity contribution is 0.197. The Morgan fingerprint density at radius 1 is 1.53 bits per heavy atom. The molecule has 0 unspecified atom stereocenters. The summed E-state index contributed by atoms with van der Waals surface area (Å²) in [6, 6.07) is 0. The molecule has 0 amide bonds. The molecule has 0 aliphatic heterocycles. The monoisotopic (exact) mass is 202 g/mol. The van der Waals surface area contributed by atoms with E-state index < -0.39 is 0 Å². The Morgan fingerprint density at radius 2 is 2.27 bits per heavy atom. The van der Waals surface area contributed by atoms with Crippen LogP contribution in [0.3, 0.4) is 0 Å². The lowest BCUT2D eigenvalue weighted by Crippen LogP contribution is -2.35. The van der Waals surface area contributed by atoms with Gasteiger partial charge in [-0.2, -0.15) is 0 Å². The lowest BCUT2D eigenvalue weighted by Gasteiger charge is -2.45. The maximum atomic E-state index is 4.14. The van der Waals surface area contributed by atoms with Crippen molar-refractivity contribution in [3.63, 3.8) is 0 Å². The van der Waals surface area contributed by atoms with E-state index in [9.17, 15) is 0 Å². The van der Waals surface area contributed by atoms with E-state index in [0.29, 0.717) is 11.3 Å². The first kappa shape index (κ1) is 10.7. The fraction of sp³-hybridized carbons (Fsp3) is 0.600. The van der Waals surface area contributed by atoms with Crippen molar-refractivity contribution in [1.29, 1.82) is 0 Å². The van der Waals surface area contributed by atoms with Crippen molar-refractivity contribution < 1.29 is 0 Å². The van der Waals surface area contributed by atoms with Crippen molar-refractivity contribution >= 4 is 0 Å². The molecule has 0 bridgehead atoms. The molecule has 0 heterocycles. The first-order valence-electron chi connectivity index (χ1n) is 6.07. The molecule has 0 aromatic rings. The van der Waals surface area contributed by atoms with Gasteiger partial charge in [-0.3, -0.25) is 0 Å². The standard InChI is InChI=1S/C15H22/c1-11(2)13-8-9-14-7-5-6-12(3)15(14,4)10-13/h5-7,12-13H,1,8-10H2,2-4H3/t12-,13+,15+/m0/s1. The van der Waals surface area contributed by atoms with Gasteiger partial charge in [0, 0.05) is 0 Å².